The minimum atomic E-state index is 0.405. The third-order valence-corrected chi connectivity index (χ3v) is 2.75. The van der Waals surface area contributed by atoms with E-state index >= 15 is 0 Å². The average molecular weight is 182 g/mol. The van der Waals surface area contributed by atoms with Crippen molar-refractivity contribution in [3.63, 3.8) is 0 Å². The molecule has 1 nitrogen and oxygen atoms in total. The molecule has 1 N–H and O–H groups in total. The van der Waals surface area contributed by atoms with E-state index in [1.807, 2.05) is 12.1 Å². The molecule has 1 atom stereocenters. The zero-order chi connectivity index (χ0) is 8.55. The first kappa shape index (κ1) is 8.09. The molecule has 1 aliphatic heterocycles. The zero-order valence-corrected chi connectivity index (χ0v) is 7.86. The van der Waals surface area contributed by atoms with Crippen LogP contribution < -0.4 is 5.32 Å². The fourth-order valence-corrected chi connectivity index (χ4v) is 2.17. The lowest BCUT2D eigenvalue weighted by molar-refractivity contribution is 0.541. The summed E-state index contributed by atoms with van der Waals surface area (Å²) in [6, 6.07) is 6.56. The van der Waals surface area contributed by atoms with Gasteiger partial charge in [0.2, 0.25) is 0 Å². The van der Waals surface area contributed by atoms with Crippen molar-refractivity contribution in [2.24, 2.45) is 0 Å². The summed E-state index contributed by atoms with van der Waals surface area (Å²) in [4.78, 5) is 0. The van der Waals surface area contributed by atoms with Gasteiger partial charge >= 0.3 is 0 Å². The Hall–Kier alpha value is -0.530. The van der Waals surface area contributed by atoms with Crippen molar-refractivity contribution in [2.45, 2.75) is 19.4 Å². The Balaban J connectivity index is 2.53. The molecule has 0 saturated carbocycles. The van der Waals surface area contributed by atoms with Crippen molar-refractivity contribution in [1.82, 2.24) is 5.32 Å². The first-order chi connectivity index (χ1) is 5.79. The Morgan fingerprint density at radius 2 is 2.33 bits per heavy atom. The highest BCUT2D eigenvalue weighted by Crippen LogP contribution is 2.29. The van der Waals surface area contributed by atoms with Crippen molar-refractivity contribution >= 4 is 11.6 Å². The summed E-state index contributed by atoms with van der Waals surface area (Å²) in [6.45, 7) is 3.22. The topological polar surface area (TPSA) is 12.0 Å². The van der Waals surface area contributed by atoms with Crippen LogP contribution in [0.3, 0.4) is 0 Å². The van der Waals surface area contributed by atoms with Gasteiger partial charge in [-0.2, -0.15) is 0 Å². The predicted molar refractivity (Wildman–Crippen MR) is 51.6 cm³/mol. The van der Waals surface area contributed by atoms with Crippen LogP contribution in [0.2, 0.25) is 5.02 Å². The number of hydrogen-bond acceptors (Lipinski definition) is 1. The molecule has 12 heavy (non-hydrogen) atoms. The Morgan fingerprint density at radius 1 is 1.50 bits per heavy atom. The van der Waals surface area contributed by atoms with E-state index in [1.54, 1.807) is 0 Å². The Kier molecular flexibility index (Phi) is 2.07. The maximum atomic E-state index is 6.10. The number of benzene rings is 1. The second kappa shape index (κ2) is 3.08. The van der Waals surface area contributed by atoms with E-state index in [9.17, 15) is 0 Å². The first-order valence-corrected chi connectivity index (χ1v) is 4.67. The minimum Gasteiger partial charge on any atom is -0.310 e. The quantitative estimate of drug-likeness (QED) is 0.649. The molecule has 2 heteroatoms. The van der Waals surface area contributed by atoms with Gasteiger partial charge in [0.15, 0.2) is 0 Å². The van der Waals surface area contributed by atoms with Crippen LogP contribution in [0.4, 0.5) is 0 Å². The molecular weight excluding hydrogens is 170 g/mol. The fourth-order valence-electron chi connectivity index (χ4n) is 1.81. The van der Waals surface area contributed by atoms with Gasteiger partial charge in [-0.1, -0.05) is 23.7 Å². The molecule has 1 unspecified atom stereocenters. The van der Waals surface area contributed by atoms with Crippen LogP contribution in [-0.4, -0.2) is 6.54 Å². The number of hydrogen-bond donors (Lipinski definition) is 1. The average Bonchev–Trinajstić information content (AvgIpc) is 2.04. The van der Waals surface area contributed by atoms with E-state index in [0.717, 1.165) is 18.0 Å². The largest absolute Gasteiger partial charge is 0.310 e. The molecule has 0 saturated heterocycles. The van der Waals surface area contributed by atoms with Gasteiger partial charge in [-0.05, 0) is 37.1 Å². The summed E-state index contributed by atoms with van der Waals surface area (Å²) in [5.74, 6) is 0. The molecule has 1 aliphatic rings. The van der Waals surface area contributed by atoms with E-state index in [-0.39, 0.29) is 0 Å². The van der Waals surface area contributed by atoms with Crippen LogP contribution in [0, 0.1) is 0 Å². The zero-order valence-electron chi connectivity index (χ0n) is 7.10. The monoisotopic (exact) mass is 181 g/mol. The van der Waals surface area contributed by atoms with Crippen molar-refractivity contribution in [2.75, 3.05) is 6.54 Å². The molecule has 64 valence electrons. The van der Waals surface area contributed by atoms with E-state index in [1.165, 1.54) is 11.1 Å². The summed E-state index contributed by atoms with van der Waals surface area (Å²) >= 11 is 6.10. The summed E-state index contributed by atoms with van der Waals surface area (Å²) in [5.41, 5.74) is 2.68. The Morgan fingerprint density at radius 3 is 3.08 bits per heavy atom. The SMILES string of the molecule is CC1NCCc2cccc(Cl)c21. The van der Waals surface area contributed by atoms with Gasteiger partial charge < -0.3 is 5.32 Å². The van der Waals surface area contributed by atoms with Gasteiger partial charge in [-0.15, -0.1) is 0 Å². The molecule has 0 aliphatic carbocycles. The van der Waals surface area contributed by atoms with E-state index < -0.39 is 0 Å². The van der Waals surface area contributed by atoms with Crippen molar-refractivity contribution in [3.8, 4) is 0 Å². The molecule has 1 aromatic rings. The lowest BCUT2D eigenvalue weighted by Crippen LogP contribution is -2.27. The highest BCUT2D eigenvalue weighted by molar-refractivity contribution is 6.31. The van der Waals surface area contributed by atoms with E-state index in [4.69, 9.17) is 11.6 Å². The van der Waals surface area contributed by atoms with Crippen LogP contribution in [-0.2, 0) is 6.42 Å². The van der Waals surface area contributed by atoms with Crippen LogP contribution >= 0.6 is 11.6 Å². The van der Waals surface area contributed by atoms with Crippen LogP contribution in [0.5, 0.6) is 0 Å². The highest BCUT2D eigenvalue weighted by Gasteiger charge is 2.17. The second-order valence-corrected chi connectivity index (χ2v) is 3.65. The molecule has 0 radical (unpaired) electrons. The molecule has 0 aromatic heterocycles. The summed E-state index contributed by atoms with van der Waals surface area (Å²) in [7, 11) is 0. The standard InChI is InChI=1S/C10H12ClN/c1-7-10-8(5-6-12-7)3-2-4-9(10)11/h2-4,7,12H,5-6H2,1H3. The molecule has 1 aromatic carbocycles. The summed E-state index contributed by atoms with van der Waals surface area (Å²) < 4.78 is 0. The van der Waals surface area contributed by atoms with E-state index in [2.05, 4.69) is 18.3 Å². The van der Waals surface area contributed by atoms with E-state index in [0.29, 0.717) is 6.04 Å². The third kappa shape index (κ3) is 1.23. The molecule has 1 heterocycles. The summed E-state index contributed by atoms with van der Waals surface area (Å²) in [6.07, 6.45) is 1.10. The summed E-state index contributed by atoms with van der Waals surface area (Å²) in [5, 5.41) is 4.29. The van der Waals surface area contributed by atoms with Crippen LogP contribution in [0.1, 0.15) is 24.1 Å². The van der Waals surface area contributed by atoms with Gasteiger partial charge in [0.05, 0.1) is 0 Å². The first-order valence-electron chi connectivity index (χ1n) is 4.29. The van der Waals surface area contributed by atoms with Crippen LogP contribution in [0.25, 0.3) is 0 Å². The highest BCUT2D eigenvalue weighted by atomic mass is 35.5. The molecule has 0 amide bonds. The van der Waals surface area contributed by atoms with Gasteiger partial charge in [0.25, 0.3) is 0 Å². The molecule has 2 rings (SSSR count). The van der Waals surface area contributed by atoms with Crippen molar-refractivity contribution < 1.29 is 0 Å². The fraction of sp³-hybridized carbons (Fsp3) is 0.400. The Labute approximate surface area is 77.7 Å². The second-order valence-electron chi connectivity index (χ2n) is 3.24. The predicted octanol–water partition coefficient (Wildman–Crippen LogP) is 2.55. The molecule has 0 fully saturated rings. The lowest BCUT2D eigenvalue weighted by Gasteiger charge is -2.24. The smallest absolute Gasteiger partial charge is 0.0456 e. The van der Waals surface area contributed by atoms with Gasteiger partial charge in [0, 0.05) is 11.1 Å². The number of halogens is 1. The number of fused-ring (bicyclic) bond motifs is 1. The molecule has 0 bridgehead atoms. The maximum absolute atomic E-state index is 6.10. The maximum Gasteiger partial charge on any atom is 0.0456 e. The number of rotatable bonds is 0. The van der Waals surface area contributed by atoms with Gasteiger partial charge in [-0.25, -0.2) is 0 Å². The van der Waals surface area contributed by atoms with Gasteiger partial charge in [0.1, 0.15) is 0 Å². The van der Waals surface area contributed by atoms with Gasteiger partial charge in [-0.3, -0.25) is 0 Å². The number of nitrogens with one attached hydrogen (secondary N) is 1. The van der Waals surface area contributed by atoms with Crippen LogP contribution in [0.15, 0.2) is 18.2 Å². The molecular formula is C10H12ClN. The van der Waals surface area contributed by atoms with Crippen molar-refractivity contribution in [1.29, 1.82) is 0 Å². The Bertz CT molecular complexity index is 296. The normalized spacial score (nSPS) is 22.0. The molecule has 0 spiro atoms. The minimum absolute atomic E-state index is 0.405. The lowest BCUT2D eigenvalue weighted by atomic mass is 9.95. The van der Waals surface area contributed by atoms with Crippen molar-refractivity contribution in [3.05, 3.63) is 34.3 Å². The third-order valence-electron chi connectivity index (χ3n) is 2.42.